The van der Waals surface area contributed by atoms with Crippen LogP contribution in [0.15, 0.2) is 18.2 Å². The summed E-state index contributed by atoms with van der Waals surface area (Å²) in [6.07, 6.45) is 0. The van der Waals surface area contributed by atoms with Crippen molar-refractivity contribution in [3.8, 4) is 5.75 Å². The van der Waals surface area contributed by atoms with Gasteiger partial charge < -0.3 is 9.64 Å². The van der Waals surface area contributed by atoms with Gasteiger partial charge in [0.25, 0.3) is 5.91 Å². The lowest BCUT2D eigenvalue weighted by Gasteiger charge is -2.25. The van der Waals surface area contributed by atoms with Crippen LogP contribution >= 0.6 is 0 Å². The van der Waals surface area contributed by atoms with Crippen LogP contribution in [0.3, 0.4) is 0 Å². The largest absolute Gasteiger partial charge is 0.482 e. The first-order valence-electron chi connectivity index (χ1n) is 4.18. The third-order valence-corrected chi connectivity index (χ3v) is 2.20. The molecule has 0 unspecified atom stereocenters. The van der Waals surface area contributed by atoms with Crippen molar-refractivity contribution in [2.24, 2.45) is 0 Å². The molecule has 0 N–H and O–H groups in total. The number of hydrogen-bond acceptors (Lipinski definition) is 2. The maximum Gasteiger partial charge on any atom is 0.264 e. The molecule has 1 heterocycles. The summed E-state index contributed by atoms with van der Waals surface area (Å²) in [6.45, 7) is 0.146. The van der Waals surface area contributed by atoms with Crippen LogP contribution in [0, 0.1) is 0 Å². The lowest BCUT2D eigenvalue weighted by Crippen LogP contribution is -2.35. The van der Waals surface area contributed by atoms with Crippen molar-refractivity contribution in [2.75, 3.05) is 18.6 Å². The van der Waals surface area contributed by atoms with E-state index in [0.717, 1.165) is 16.9 Å². The van der Waals surface area contributed by atoms with Crippen molar-refractivity contribution >= 4 is 24.9 Å². The van der Waals surface area contributed by atoms with E-state index < -0.39 is 0 Å². The van der Waals surface area contributed by atoms with Gasteiger partial charge in [-0.05, 0) is 12.1 Å². The van der Waals surface area contributed by atoms with Crippen LogP contribution in [0.5, 0.6) is 5.75 Å². The molecule has 1 aliphatic heterocycles. The first kappa shape index (κ1) is 8.17. The molecule has 0 bridgehead atoms. The maximum atomic E-state index is 11.2. The molecule has 1 aromatic carbocycles. The van der Waals surface area contributed by atoms with Crippen molar-refractivity contribution in [1.82, 2.24) is 0 Å². The predicted molar refractivity (Wildman–Crippen MR) is 53.5 cm³/mol. The second-order valence-corrected chi connectivity index (χ2v) is 3.21. The Labute approximate surface area is 77.7 Å². The van der Waals surface area contributed by atoms with Crippen molar-refractivity contribution in [1.29, 1.82) is 0 Å². The average Bonchev–Trinajstić information content (AvgIpc) is 2.12. The molecule has 1 aromatic rings. The van der Waals surface area contributed by atoms with Crippen LogP contribution in [-0.4, -0.2) is 27.4 Å². The SMILES string of the molecule is Bc1ccc2c(c1)OCC(=O)N2C. The van der Waals surface area contributed by atoms with Crippen LogP contribution in [0.25, 0.3) is 0 Å². The number of hydrogen-bond donors (Lipinski definition) is 0. The molecule has 66 valence electrons. The standard InChI is InChI=1S/C9H10BNO2/c1-11-7-3-2-6(10)4-8(7)13-5-9(11)12/h2-4H,5,10H2,1H3. The number of likely N-dealkylation sites (N-methyl/N-ethyl adjacent to an activating group) is 1. The summed E-state index contributed by atoms with van der Waals surface area (Å²) in [5.41, 5.74) is 1.99. The molecule has 0 aromatic heterocycles. The fourth-order valence-corrected chi connectivity index (χ4v) is 1.38. The van der Waals surface area contributed by atoms with Gasteiger partial charge in [0.1, 0.15) is 13.6 Å². The molecular weight excluding hydrogens is 165 g/mol. The van der Waals surface area contributed by atoms with E-state index in [4.69, 9.17) is 4.74 Å². The highest BCUT2D eigenvalue weighted by atomic mass is 16.5. The number of carbonyl (C=O) groups excluding carboxylic acids is 1. The molecule has 0 fully saturated rings. The van der Waals surface area contributed by atoms with Crippen molar-refractivity contribution in [3.05, 3.63) is 18.2 Å². The topological polar surface area (TPSA) is 29.5 Å². The van der Waals surface area contributed by atoms with Gasteiger partial charge in [-0.2, -0.15) is 0 Å². The highest BCUT2D eigenvalue weighted by Crippen LogP contribution is 2.29. The van der Waals surface area contributed by atoms with Gasteiger partial charge in [-0.25, -0.2) is 0 Å². The van der Waals surface area contributed by atoms with Gasteiger partial charge in [-0.1, -0.05) is 11.5 Å². The van der Waals surface area contributed by atoms with Gasteiger partial charge in [0.05, 0.1) is 5.69 Å². The Balaban J connectivity index is 2.49. The average molecular weight is 175 g/mol. The molecule has 2 rings (SSSR count). The van der Waals surface area contributed by atoms with E-state index in [2.05, 4.69) is 0 Å². The predicted octanol–water partition coefficient (Wildman–Crippen LogP) is -0.700. The summed E-state index contributed by atoms with van der Waals surface area (Å²) >= 11 is 0. The Morgan fingerprint density at radius 3 is 3.08 bits per heavy atom. The summed E-state index contributed by atoms with van der Waals surface area (Å²) in [6, 6.07) is 5.82. The molecule has 1 aliphatic rings. The molecule has 4 heteroatoms. The fourth-order valence-electron chi connectivity index (χ4n) is 1.38. The Bertz CT molecular complexity index is 365. The highest BCUT2D eigenvalue weighted by molar-refractivity contribution is 6.32. The molecule has 3 nitrogen and oxygen atoms in total. The number of fused-ring (bicyclic) bond motifs is 1. The van der Waals surface area contributed by atoms with Crippen LogP contribution in [0.1, 0.15) is 0 Å². The second-order valence-electron chi connectivity index (χ2n) is 3.21. The lowest BCUT2D eigenvalue weighted by molar-refractivity contribution is -0.120. The van der Waals surface area contributed by atoms with Gasteiger partial charge in [0, 0.05) is 7.05 Å². The van der Waals surface area contributed by atoms with E-state index >= 15 is 0 Å². The Hall–Kier alpha value is -1.45. The van der Waals surface area contributed by atoms with E-state index in [-0.39, 0.29) is 12.5 Å². The van der Waals surface area contributed by atoms with Gasteiger partial charge in [-0.3, -0.25) is 4.79 Å². The van der Waals surface area contributed by atoms with E-state index in [1.807, 2.05) is 26.0 Å². The fraction of sp³-hybridized carbons (Fsp3) is 0.222. The summed E-state index contributed by atoms with van der Waals surface area (Å²) in [5.74, 6) is 0.790. The van der Waals surface area contributed by atoms with E-state index in [9.17, 15) is 4.79 Å². The summed E-state index contributed by atoms with van der Waals surface area (Å²) < 4.78 is 5.30. The molecular formula is C9H10BNO2. The number of nitrogens with zero attached hydrogens (tertiary/aromatic N) is 1. The zero-order valence-corrected chi connectivity index (χ0v) is 7.70. The van der Waals surface area contributed by atoms with Gasteiger partial charge in [0.2, 0.25) is 0 Å². The van der Waals surface area contributed by atoms with Crippen LogP contribution < -0.4 is 15.1 Å². The highest BCUT2D eigenvalue weighted by Gasteiger charge is 2.21. The molecule has 0 saturated carbocycles. The minimum absolute atomic E-state index is 0.00338. The van der Waals surface area contributed by atoms with E-state index in [1.165, 1.54) is 0 Å². The smallest absolute Gasteiger partial charge is 0.264 e. The number of rotatable bonds is 0. The first-order chi connectivity index (χ1) is 6.18. The van der Waals surface area contributed by atoms with Gasteiger partial charge >= 0.3 is 0 Å². The Kier molecular flexibility index (Phi) is 1.76. The Morgan fingerprint density at radius 1 is 1.54 bits per heavy atom. The minimum Gasteiger partial charge on any atom is -0.482 e. The maximum absolute atomic E-state index is 11.2. The summed E-state index contributed by atoms with van der Waals surface area (Å²) in [5, 5.41) is 0. The van der Waals surface area contributed by atoms with Crippen LogP contribution in [-0.2, 0) is 4.79 Å². The monoisotopic (exact) mass is 175 g/mol. The number of anilines is 1. The summed E-state index contributed by atoms with van der Waals surface area (Å²) in [4.78, 5) is 12.9. The third kappa shape index (κ3) is 1.28. The van der Waals surface area contributed by atoms with E-state index in [0.29, 0.717) is 0 Å². The number of carbonyl (C=O) groups is 1. The molecule has 0 aliphatic carbocycles. The zero-order chi connectivity index (χ0) is 9.42. The number of amides is 1. The van der Waals surface area contributed by atoms with Crippen molar-refractivity contribution in [2.45, 2.75) is 0 Å². The number of ether oxygens (including phenoxy) is 1. The molecule has 0 radical (unpaired) electrons. The summed E-state index contributed by atoms with van der Waals surface area (Å²) in [7, 11) is 3.76. The van der Waals surface area contributed by atoms with Crippen LogP contribution in [0.4, 0.5) is 5.69 Å². The molecule has 0 spiro atoms. The minimum atomic E-state index is -0.00338. The zero-order valence-electron chi connectivity index (χ0n) is 7.70. The third-order valence-electron chi connectivity index (χ3n) is 2.20. The molecule has 0 atom stereocenters. The molecule has 13 heavy (non-hydrogen) atoms. The molecule has 0 saturated heterocycles. The van der Waals surface area contributed by atoms with Crippen molar-refractivity contribution in [3.63, 3.8) is 0 Å². The quantitative estimate of drug-likeness (QED) is 0.488. The number of benzene rings is 1. The van der Waals surface area contributed by atoms with Crippen molar-refractivity contribution < 1.29 is 9.53 Å². The Morgan fingerprint density at radius 2 is 2.31 bits per heavy atom. The lowest BCUT2D eigenvalue weighted by atomic mass is 9.95. The molecule has 1 amide bonds. The second kappa shape index (κ2) is 2.80. The van der Waals surface area contributed by atoms with Crippen LogP contribution in [0.2, 0.25) is 0 Å². The van der Waals surface area contributed by atoms with Gasteiger partial charge in [-0.15, -0.1) is 0 Å². The van der Waals surface area contributed by atoms with E-state index in [1.54, 1.807) is 11.9 Å². The first-order valence-corrected chi connectivity index (χ1v) is 4.18. The normalized spacial score (nSPS) is 15.2. The van der Waals surface area contributed by atoms with Gasteiger partial charge in [0.15, 0.2) is 6.61 Å².